The van der Waals surface area contributed by atoms with Crippen LogP contribution in [0.1, 0.15) is 12.5 Å². The van der Waals surface area contributed by atoms with E-state index in [1.165, 1.54) is 0 Å². The molecular formula is C19H20BrN5O. The Bertz CT molecular complexity index is 888. The van der Waals surface area contributed by atoms with E-state index in [0.29, 0.717) is 17.5 Å². The number of hydrogen-bond donors (Lipinski definition) is 3. The normalized spacial score (nSPS) is 11.8. The minimum atomic E-state index is -0.156. The molecule has 134 valence electrons. The molecule has 0 radical (unpaired) electrons. The van der Waals surface area contributed by atoms with Crippen LogP contribution in [0, 0.1) is 6.92 Å². The number of anilines is 3. The molecule has 0 aliphatic heterocycles. The Kier molecular flexibility index (Phi) is 5.80. The number of nitrogens with one attached hydrogen (secondary N) is 2. The maximum atomic E-state index is 9.30. The summed E-state index contributed by atoms with van der Waals surface area (Å²) in [5.74, 6) is 1.09. The van der Waals surface area contributed by atoms with Crippen molar-refractivity contribution < 1.29 is 5.11 Å². The van der Waals surface area contributed by atoms with Crippen LogP contribution in [0.25, 0.3) is 11.4 Å². The van der Waals surface area contributed by atoms with Crippen LogP contribution in [0.5, 0.6) is 0 Å². The standard InChI is InChI=1S/C19H20BrN5O/c1-12-9-14(20)6-7-15(12)23-18-10-17(16-5-3-4-8-21-16)24-19(25-18)22-13(2)11-26/h3-10,13,26H,11H2,1-2H3,(H2,22,23,24,25)/t13-/m1/s1. The summed E-state index contributed by atoms with van der Waals surface area (Å²) in [5.41, 5.74) is 3.51. The zero-order valence-electron chi connectivity index (χ0n) is 14.6. The number of hydrogen-bond acceptors (Lipinski definition) is 6. The molecule has 7 heteroatoms. The average molecular weight is 414 g/mol. The number of rotatable bonds is 6. The van der Waals surface area contributed by atoms with Crippen molar-refractivity contribution in [1.82, 2.24) is 15.0 Å². The molecule has 1 aromatic carbocycles. The highest BCUT2D eigenvalue weighted by atomic mass is 79.9. The number of aliphatic hydroxyl groups is 1. The summed E-state index contributed by atoms with van der Waals surface area (Å²) in [5, 5.41) is 15.7. The Morgan fingerprint density at radius 2 is 1.96 bits per heavy atom. The summed E-state index contributed by atoms with van der Waals surface area (Å²) < 4.78 is 1.02. The molecule has 0 aliphatic rings. The van der Waals surface area contributed by atoms with E-state index in [1.54, 1.807) is 6.20 Å². The van der Waals surface area contributed by atoms with Crippen molar-refractivity contribution in [3.63, 3.8) is 0 Å². The third-order valence-corrected chi connectivity index (χ3v) is 4.25. The van der Waals surface area contributed by atoms with Gasteiger partial charge >= 0.3 is 0 Å². The first-order valence-corrected chi connectivity index (χ1v) is 9.05. The Labute approximate surface area is 160 Å². The van der Waals surface area contributed by atoms with Gasteiger partial charge in [0.15, 0.2) is 0 Å². The molecule has 3 aromatic rings. The molecule has 6 nitrogen and oxygen atoms in total. The molecule has 3 rings (SSSR count). The van der Waals surface area contributed by atoms with Gasteiger partial charge in [0, 0.05) is 28.5 Å². The second kappa shape index (κ2) is 8.25. The van der Waals surface area contributed by atoms with Crippen LogP contribution in [0.3, 0.4) is 0 Å². The van der Waals surface area contributed by atoms with Crippen molar-refractivity contribution in [2.75, 3.05) is 17.2 Å². The van der Waals surface area contributed by atoms with E-state index in [9.17, 15) is 5.11 Å². The number of aliphatic hydroxyl groups excluding tert-OH is 1. The SMILES string of the molecule is Cc1cc(Br)ccc1Nc1cc(-c2ccccn2)nc(N[C@H](C)CO)n1. The Hall–Kier alpha value is -2.51. The fourth-order valence-corrected chi connectivity index (χ4v) is 2.87. The van der Waals surface area contributed by atoms with Crippen LogP contribution in [-0.4, -0.2) is 32.7 Å². The van der Waals surface area contributed by atoms with Crippen molar-refractivity contribution in [2.45, 2.75) is 19.9 Å². The van der Waals surface area contributed by atoms with Crippen molar-refractivity contribution in [3.05, 3.63) is 58.7 Å². The van der Waals surface area contributed by atoms with E-state index in [-0.39, 0.29) is 12.6 Å². The lowest BCUT2D eigenvalue weighted by molar-refractivity contribution is 0.281. The third kappa shape index (κ3) is 4.56. The van der Waals surface area contributed by atoms with Crippen molar-refractivity contribution in [1.29, 1.82) is 0 Å². The predicted molar refractivity (Wildman–Crippen MR) is 108 cm³/mol. The van der Waals surface area contributed by atoms with Crippen LogP contribution in [0.2, 0.25) is 0 Å². The van der Waals surface area contributed by atoms with Crippen LogP contribution in [-0.2, 0) is 0 Å². The predicted octanol–water partition coefficient (Wildman–Crippen LogP) is 4.15. The lowest BCUT2D eigenvalue weighted by atomic mass is 10.2. The minimum Gasteiger partial charge on any atom is -0.394 e. The molecule has 3 N–H and O–H groups in total. The number of aromatic nitrogens is 3. The minimum absolute atomic E-state index is 0.00818. The molecule has 2 heterocycles. The second-order valence-electron chi connectivity index (χ2n) is 5.99. The molecule has 0 aliphatic carbocycles. The van der Waals surface area contributed by atoms with Gasteiger partial charge < -0.3 is 15.7 Å². The number of halogens is 1. The molecule has 2 aromatic heterocycles. The average Bonchev–Trinajstić information content (AvgIpc) is 2.64. The van der Waals surface area contributed by atoms with Crippen LogP contribution < -0.4 is 10.6 Å². The van der Waals surface area contributed by atoms with E-state index >= 15 is 0 Å². The quantitative estimate of drug-likeness (QED) is 0.562. The number of benzene rings is 1. The first-order valence-electron chi connectivity index (χ1n) is 8.26. The van der Waals surface area contributed by atoms with Gasteiger partial charge in [-0.1, -0.05) is 22.0 Å². The molecule has 1 atom stereocenters. The smallest absolute Gasteiger partial charge is 0.225 e. The van der Waals surface area contributed by atoms with Gasteiger partial charge in [0.2, 0.25) is 5.95 Å². The maximum absolute atomic E-state index is 9.30. The van der Waals surface area contributed by atoms with Gasteiger partial charge in [-0.05, 0) is 49.7 Å². The Morgan fingerprint density at radius 3 is 2.65 bits per heavy atom. The lowest BCUT2D eigenvalue weighted by Gasteiger charge is -2.15. The largest absolute Gasteiger partial charge is 0.394 e. The topological polar surface area (TPSA) is 83.0 Å². The first-order chi connectivity index (χ1) is 12.5. The highest BCUT2D eigenvalue weighted by molar-refractivity contribution is 9.10. The number of nitrogens with zero attached hydrogens (tertiary/aromatic N) is 3. The summed E-state index contributed by atoms with van der Waals surface area (Å²) >= 11 is 3.48. The Morgan fingerprint density at radius 1 is 1.12 bits per heavy atom. The van der Waals surface area contributed by atoms with Crippen LogP contribution in [0.15, 0.2) is 53.1 Å². The summed E-state index contributed by atoms with van der Waals surface area (Å²) in [4.78, 5) is 13.4. The molecule has 0 saturated heterocycles. The molecule has 0 bridgehead atoms. The van der Waals surface area contributed by atoms with Crippen LogP contribution in [0.4, 0.5) is 17.5 Å². The second-order valence-corrected chi connectivity index (χ2v) is 6.90. The molecule has 0 spiro atoms. The van der Waals surface area contributed by atoms with E-state index < -0.39 is 0 Å². The van der Waals surface area contributed by atoms with E-state index in [2.05, 4.69) is 41.5 Å². The van der Waals surface area contributed by atoms with Crippen LogP contribution >= 0.6 is 15.9 Å². The summed E-state index contributed by atoms with van der Waals surface area (Å²) in [6.45, 7) is 3.88. The van der Waals surface area contributed by atoms with E-state index in [0.717, 1.165) is 21.4 Å². The number of aryl methyl sites for hydroxylation is 1. The van der Waals surface area contributed by atoms with E-state index in [1.807, 2.05) is 56.3 Å². The Balaban J connectivity index is 1.98. The van der Waals surface area contributed by atoms with Crippen molar-refractivity contribution >= 4 is 33.4 Å². The summed E-state index contributed by atoms with van der Waals surface area (Å²) in [7, 11) is 0. The van der Waals surface area contributed by atoms with Gasteiger partial charge in [-0.2, -0.15) is 4.98 Å². The zero-order valence-corrected chi connectivity index (χ0v) is 16.2. The van der Waals surface area contributed by atoms with Crippen molar-refractivity contribution in [2.24, 2.45) is 0 Å². The van der Waals surface area contributed by atoms with Gasteiger partial charge in [-0.15, -0.1) is 0 Å². The molecule has 26 heavy (non-hydrogen) atoms. The van der Waals surface area contributed by atoms with Crippen molar-refractivity contribution in [3.8, 4) is 11.4 Å². The fourth-order valence-electron chi connectivity index (χ4n) is 2.39. The highest BCUT2D eigenvalue weighted by Crippen LogP contribution is 2.26. The summed E-state index contributed by atoms with van der Waals surface area (Å²) in [6, 6.07) is 13.4. The first kappa shape index (κ1) is 18.3. The van der Waals surface area contributed by atoms with E-state index in [4.69, 9.17) is 0 Å². The molecule has 0 unspecified atom stereocenters. The summed E-state index contributed by atoms with van der Waals surface area (Å²) in [6.07, 6.45) is 1.73. The third-order valence-electron chi connectivity index (χ3n) is 3.75. The number of pyridine rings is 1. The highest BCUT2D eigenvalue weighted by Gasteiger charge is 2.11. The molecular weight excluding hydrogens is 394 g/mol. The zero-order chi connectivity index (χ0) is 18.5. The lowest BCUT2D eigenvalue weighted by Crippen LogP contribution is -2.21. The molecule has 0 amide bonds. The monoisotopic (exact) mass is 413 g/mol. The van der Waals surface area contributed by atoms with Gasteiger partial charge in [0.1, 0.15) is 5.82 Å². The molecule has 0 fully saturated rings. The molecule has 0 saturated carbocycles. The fraction of sp³-hybridized carbons (Fsp3) is 0.211. The van der Waals surface area contributed by atoms with Gasteiger partial charge in [-0.25, -0.2) is 4.98 Å². The van der Waals surface area contributed by atoms with Gasteiger partial charge in [0.05, 0.1) is 18.0 Å². The van der Waals surface area contributed by atoms with Gasteiger partial charge in [-0.3, -0.25) is 4.98 Å². The maximum Gasteiger partial charge on any atom is 0.225 e. The van der Waals surface area contributed by atoms with Gasteiger partial charge in [0.25, 0.3) is 0 Å².